The number of nitrogens with zero attached hydrogens (tertiary/aromatic N) is 2. The highest BCUT2D eigenvalue weighted by Gasteiger charge is 2.30. The van der Waals surface area contributed by atoms with Crippen LogP contribution in [0, 0.1) is 5.92 Å². The van der Waals surface area contributed by atoms with Gasteiger partial charge in [0.2, 0.25) is 5.89 Å². The van der Waals surface area contributed by atoms with E-state index in [1.807, 2.05) is 0 Å². The Morgan fingerprint density at radius 2 is 1.94 bits per heavy atom. The summed E-state index contributed by atoms with van der Waals surface area (Å²) in [6, 6.07) is 0.671. The highest BCUT2D eigenvalue weighted by Crippen LogP contribution is 2.33. The third-order valence-electron chi connectivity index (χ3n) is 3.32. The molecule has 17 heavy (non-hydrogen) atoms. The lowest BCUT2D eigenvalue weighted by molar-refractivity contribution is 0.314. The molecule has 2 rings (SSSR count). The van der Waals surface area contributed by atoms with Crippen molar-refractivity contribution in [3.63, 3.8) is 0 Å². The highest BCUT2D eigenvalue weighted by molar-refractivity contribution is 5.02. The van der Waals surface area contributed by atoms with E-state index in [-0.39, 0.29) is 11.5 Å². The molecule has 1 saturated carbocycles. The molecule has 96 valence electrons. The fourth-order valence-electron chi connectivity index (χ4n) is 1.91. The summed E-state index contributed by atoms with van der Waals surface area (Å²) in [6.07, 6.45) is 2.69. The van der Waals surface area contributed by atoms with Crippen LogP contribution in [-0.2, 0) is 5.41 Å². The Morgan fingerprint density at radius 3 is 2.41 bits per heavy atom. The van der Waals surface area contributed by atoms with Gasteiger partial charge in [0.15, 0.2) is 5.82 Å². The van der Waals surface area contributed by atoms with E-state index >= 15 is 0 Å². The van der Waals surface area contributed by atoms with E-state index in [9.17, 15) is 0 Å². The van der Waals surface area contributed by atoms with Crippen LogP contribution in [0.2, 0.25) is 0 Å². The van der Waals surface area contributed by atoms with Gasteiger partial charge in [-0.1, -0.05) is 25.9 Å². The average Bonchev–Trinajstić information content (AvgIpc) is 2.93. The summed E-state index contributed by atoms with van der Waals surface area (Å²) in [5.74, 6) is 2.31. The molecule has 2 atom stereocenters. The molecule has 2 unspecified atom stereocenters. The largest absolute Gasteiger partial charge is 0.338 e. The normalized spacial score (nSPS) is 20.3. The van der Waals surface area contributed by atoms with Crippen molar-refractivity contribution in [2.45, 2.75) is 65.0 Å². The molecule has 0 saturated heterocycles. The van der Waals surface area contributed by atoms with E-state index in [1.165, 1.54) is 12.8 Å². The first-order valence-corrected chi connectivity index (χ1v) is 6.48. The SMILES string of the molecule is CC(NC(C)C1CC1)c1nc(C(C)(C)C)no1. The first-order chi connectivity index (χ1) is 7.88. The molecule has 1 N–H and O–H groups in total. The molecule has 1 fully saturated rings. The van der Waals surface area contributed by atoms with Gasteiger partial charge in [-0.05, 0) is 32.6 Å². The third-order valence-corrected chi connectivity index (χ3v) is 3.32. The van der Waals surface area contributed by atoms with E-state index in [4.69, 9.17) is 4.52 Å². The molecule has 0 bridgehead atoms. The number of rotatable bonds is 4. The Labute approximate surface area is 103 Å². The van der Waals surface area contributed by atoms with Crippen LogP contribution in [0.3, 0.4) is 0 Å². The van der Waals surface area contributed by atoms with Crippen LogP contribution in [0.4, 0.5) is 0 Å². The third kappa shape index (κ3) is 3.06. The van der Waals surface area contributed by atoms with Crippen LogP contribution in [0.1, 0.15) is 65.2 Å². The summed E-state index contributed by atoms with van der Waals surface area (Å²) >= 11 is 0. The van der Waals surface area contributed by atoms with Gasteiger partial charge in [0.05, 0.1) is 6.04 Å². The van der Waals surface area contributed by atoms with Crippen molar-refractivity contribution in [2.24, 2.45) is 5.92 Å². The second kappa shape index (κ2) is 4.41. The van der Waals surface area contributed by atoms with Crippen molar-refractivity contribution in [3.05, 3.63) is 11.7 Å². The van der Waals surface area contributed by atoms with Crippen molar-refractivity contribution in [2.75, 3.05) is 0 Å². The molecule has 1 heterocycles. The van der Waals surface area contributed by atoms with Gasteiger partial charge in [0, 0.05) is 11.5 Å². The van der Waals surface area contributed by atoms with Gasteiger partial charge in [-0.15, -0.1) is 0 Å². The molecule has 1 aliphatic carbocycles. The molecule has 1 aromatic heterocycles. The minimum atomic E-state index is -0.0520. The van der Waals surface area contributed by atoms with Crippen molar-refractivity contribution in [1.82, 2.24) is 15.5 Å². The molecule has 0 aliphatic heterocycles. The quantitative estimate of drug-likeness (QED) is 0.875. The maximum Gasteiger partial charge on any atom is 0.243 e. The fraction of sp³-hybridized carbons (Fsp3) is 0.846. The fourth-order valence-corrected chi connectivity index (χ4v) is 1.91. The van der Waals surface area contributed by atoms with Gasteiger partial charge < -0.3 is 9.84 Å². The Kier molecular flexibility index (Phi) is 3.25. The zero-order valence-electron chi connectivity index (χ0n) is 11.4. The van der Waals surface area contributed by atoms with Crippen LogP contribution in [0.25, 0.3) is 0 Å². The first-order valence-electron chi connectivity index (χ1n) is 6.48. The molecule has 4 nitrogen and oxygen atoms in total. The standard InChI is InChI=1S/C13H23N3O/c1-8(10-6-7-10)14-9(2)11-15-12(16-17-11)13(3,4)5/h8-10,14H,6-7H2,1-5H3. The highest BCUT2D eigenvalue weighted by atomic mass is 16.5. The first kappa shape index (κ1) is 12.6. The number of aromatic nitrogens is 2. The van der Waals surface area contributed by atoms with Crippen molar-refractivity contribution >= 4 is 0 Å². The van der Waals surface area contributed by atoms with E-state index in [1.54, 1.807) is 0 Å². The van der Waals surface area contributed by atoms with Gasteiger partial charge in [0.1, 0.15) is 0 Å². The van der Waals surface area contributed by atoms with E-state index in [0.29, 0.717) is 11.9 Å². The van der Waals surface area contributed by atoms with Gasteiger partial charge in [0.25, 0.3) is 0 Å². The van der Waals surface area contributed by atoms with Gasteiger partial charge in [-0.25, -0.2) is 0 Å². The second-order valence-corrected chi connectivity index (χ2v) is 6.22. The van der Waals surface area contributed by atoms with Crippen molar-refractivity contribution in [3.8, 4) is 0 Å². The van der Waals surface area contributed by atoms with Crippen molar-refractivity contribution < 1.29 is 4.52 Å². The molecule has 1 aromatic rings. The summed E-state index contributed by atoms with van der Waals surface area (Å²) in [6.45, 7) is 10.6. The van der Waals surface area contributed by atoms with E-state index in [0.717, 1.165) is 11.7 Å². The number of hydrogen-bond acceptors (Lipinski definition) is 4. The maximum atomic E-state index is 5.33. The Balaban J connectivity index is 1.98. The van der Waals surface area contributed by atoms with E-state index in [2.05, 4.69) is 50.1 Å². The van der Waals surface area contributed by atoms with Crippen LogP contribution in [-0.4, -0.2) is 16.2 Å². The molecule has 0 aromatic carbocycles. The maximum absolute atomic E-state index is 5.33. The predicted molar refractivity (Wildman–Crippen MR) is 66.7 cm³/mol. The predicted octanol–water partition coefficient (Wildman–Crippen LogP) is 2.82. The summed E-state index contributed by atoms with van der Waals surface area (Å²) in [4.78, 5) is 4.47. The van der Waals surface area contributed by atoms with Gasteiger partial charge in [-0.2, -0.15) is 4.98 Å². The Hall–Kier alpha value is -0.900. The lowest BCUT2D eigenvalue weighted by Crippen LogP contribution is -2.30. The molecule has 0 spiro atoms. The smallest absolute Gasteiger partial charge is 0.243 e. The lowest BCUT2D eigenvalue weighted by Gasteiger charge is -2.16. The lowest BCUT2D eigenvalue weighted by atomic mass is 9.96. The molecular weight excluding hydrogens is 214 g/mol. The van der Waals surface area contributed by atoms with E-state index < -0.39 is 0 Å². The summed E-state index contributed by atoms with van der Waals surface area (Å²) < 4.78 is 5.33. The zero-order chi connectivity index (χ0) is 12.6. The minimum Gasteiger partial charge on any atom is -0.338 e. The topological polar surface area (TPSA) is 51.0 Å². The number of nitrogens with one attached hydrogen (secondary N) is 1. The summed E-state index contributed by atoms with van der Waals surface area (Å²) in [5.41, 5.74) is -0.0520. The molecule has 1 aliphatic rings. The average molecular weight is 237 g/mol. The molecular formula is C13H23N3O. The van der Waals surface area contributed by atoms with Crippen LogP contribution in [0.15, 0.2) is 4.52 Å². The monoisotopic (exact) mass is 237 g/mol. The second-order valence-electron chi connectivity index (χ2n) is 6.22. The van der Waals surface area contributed by atoms with Crippen LogP contribution in [0.5, 0.6) is 0 Å². The Bertz CT molecular complexity index is 376. The molecule has 4 heteroatoms. The summed E-state index contributed by atoms with van der Waals surface area (Å²) in [7, 11) is 0. The molecule has 0 amide bonds. The molecule has 0 radical (unpaired) electrons. The summed E-state index contributed by atoms with van der Waals surface area (Å²) in [5, 5.41) is 7.58. The van der Waals surface area contributed by atoms with Crippen LogP contribution < -0.4 is 5.32 Å². The van der Waals surface area contributed by atoms with Crippen LogP contribution >= 0.6 is 0 Å². The number of hydrogen-bond donors (Lipinski definition) is 1. The zero-order valence-corrected chi connectivity index (χ0v) is 11.4. The Morgan fingerprint density at radius 1 is 1.29 bits per heavy atom. The van der Waals surface area contributed by atoms with Gasteiger partial charge >= 0.3 is 0 Å². The minimum absolute atomic E-state index is 0.0520. The van der Waals surface area contributed by atoms with Crippen molar-refractivity contribution in [1.29, 1.82) is 0 Å². The van der Waals surface area contributed by atoms with Gasteiger partial charge in [-0.3, -0.25) is 0 Å².